The first kappa shape index (κ1) is 25.9. The first-order chi connectivity index (χ1) is 17.4. The van der Waals surface area contributed by atoms with Gasteiger partial charge in [-0.3, -0.25) is 4.90 Å². The quantitative estimate of drug-likeness (QED) is 0.420. The number of para-hydroxylation sites is 1. The summed E-state index contributed by atoms with van der Waals surface area (Å²) < 4.78 is 5.33. The number of amides is 2. The molecule has 2 aromatic carbocycles. The highest BCUT2D eigenvalue weighted by molar-refractivity contribution is 6.31. The average molecular weight is 512 g/mol. The van der Waals surface area contributed by atoms with E-state index in [1.54, 1.807) is 30.2 Å². The summed E-state index contributed by atoms with van der Waals surface area (Å²) in [7, 11) is 5.72. The number of halogens is 1. The van der Waals surface area contributed by atoms with E-state index in [-0.39, 0.29) is 6.03 Å². The number of urea groups is 1. The fraction of sp³-hybridized carbons (Fsp3) is 0.423. The second-order valence-electron chi connectivity index (χ2n) is 9.13. The molecule has 36 heavy (non-hydrogen) atoms. The summed E-state index contributed by atoms with van der Waals surface area (Å²) in [6.07, 6.45) is 1.03. The maximum absolute atomic E-state index is 12.8. The van der Waals surface area contributed by atoms with Crippen molar-refractivity contribution in [3.8, 4) is 5.75 Å². The van der Waals surface area contributed by atoms with Gasteiger partial charge in [-0.15, -0.1) is 0 Å². The van der Waals surface area contributed by atoms with Crippen molar-refractivity contribution >= 4 is 40.0 Å². The van der Waals surface area contributed by atoms with Gasteiger partial charge in [-0.25, -0.2) is 14.8 Å². The molecular weight excluding hydrogens is 478 g/mol. The highest BCUT2D eigenvalue weighted by Crippen LogP contribution is 2.28. The monoisotopic (exact) mass is 511 g/mol. The summed E-state index contributed by atoms with van der Waals surface area (Å²) in [5, 5.41) is 7.99. The molecule has 3 aromatic rings. The molecule has 0 bridgehead atoms. The van der Waals surface area contributed by atoms with E-state index in [0.29, 0.717) is 36.1 Å². The lowest BCUT2D eigenvalue weighted by molar-refractivity contribution is 0.141. The average Bonchev–Trinajstić information content (AvgIpc) is 2.87. The van der Waals surface area contributed by atoms with Gasteiger partial charge in [0.2, 0.25) is 0 Å². The molecule has 0 radical (unpaired) electrons. The third-order valence-electron chi connectivity index (χ3n) is 6.15. The first-order valence-corrected chi connectivity index (χ1v) is 12.6. The molecule has 4 rings (SSSR count). The van der Waals surface area contributed by atoms with Gasteiger partial charge in [0.05, 0.1) is 24.9 Å². The molecule has 1 saturated heterocycles. The zero-order valence-electron chi connectivity index (χ0n) is 21.1. The Kier molecular flexibility index (Phi) is 8.79. The number of fused-ring (bicyclic) bond motifs is 1. The number of piperazine rings is 1. The van der Waals surface area contributed by atoms with Crippen LogP contribution in [-0.2, 0) is 6.54 Å². The predicted octanol–water partition coefficient (Wildman–Crippen LogP) is 4.01. The number of carbonyl (C=O) groups excluding carboxylic acids is 1. The number of aromatic nitrogens is 2. The van der Waals surface area contributed by atoms with Crippen molar-refractivity contribution in [1.82, 2.24) is 24.7 Å². The molecule has 10 heteroatoms. The number of hydrogen-bond donors (Lipinski definition) is 2. The first-order valence-electron chi connectivity index (χ1n) is 12.2. The van der Waals surface area contributed by atoms with Crippen LogP contribution in [0.3, 0.4) is 0 Å². The molecule has 0 aliphatic carbocycles. The van der Waals surface area contributed by atoms with Gasteiger partial charge in [-0.05, 0) is 57.4 Å². The van der Waals surface area contributed by atoms with Crippen LogP contribution in [0.25, 0.3) is 10.9 Å². The number of rotatable bonds is 9. The van der Waals surface area contributed by atoms with Crippen molar-refractivity contribution in [3.05, 3.63) is 53.3 Å². The van der Waals surface area contributed by atoms with E-state index in [2.05, 4.69) is 40.6 Å². The molecule has 1 aliphatic heterocycles. The third-order valence-corrected chi connectivity index (χ3v) is 6.39. The second-order valence-corrected chi connectivity index (χ2v) is 9.56. The number of hydrogen-bond acceptors (Lipinski definition) is 7. The van der Waals surface area contributed by atoms with Crippen LogP contribution in [0.5, 0.6) is 5.75 Å². The molecule has 1 fully saturated rings. The lowest BCUT2D eigenvalue weighted by Crippen LogP contribution is -2.49. The van der Waals surface area contributed by atoms with Crippen LogP contribution in [0.15, 0.2) is 42.5 Å². The Morgan fingerprint density at radius 1 is 1.11 bits per heavy atom. The lowest BCUT2D eigenvalue weighted by atomic mass is 10.2. The number of methoxy groups -OCH3 is 1. The van der Waals surface area contributed by atoms with Crippen molar-refractivity contribution in [2.75, 3.05) is 71.1 Å². The lowest BCUT2D eigenvalue weighted by Gasteiger charge is -2.34. The molecule has 9 nitrogen and oxygen atoms in total. The maximum Gasteiger partial charge on any atom is 0.322 e. The van der Waals surface area contributed by atoms with Crippen LogP contribution in [0.4, 0.5) is 16.3 Å². The number of carbonyl (C=O) groups is 1. The zero-order chi connectivity index (χ0) is 25.5. The van der Waals surface area contributed by atoms with E-state index in [0.717, 1.165) is 55.1 Å². The van der Waals surface area contributed by atoms with Crippen LogP contribution >= 0.6 is 11.6 Å². The highest BCUT2D eigenvalue weighted by atomic mass is 35.5. The minimum absolute atomic E-state index is 0.165. The van der Waals surface area contributed by atoms with Crippen molar-refractivity contribution < 1.29 is 9.53 Å². The SMILES string of the molecule is COc1ccc(Cl)cc1NC(=O)N1CCN(Cc2nc(NCCCN(C)C)c3ccccc3n2)CC1. The molecule has 1 aliphatic rings. The smallest absolute Gasteiger partial charge is 0.322 e. The summed E-state index contributed by atoms with van der Waals surface area (Å²) in [5.41, 5.74) is 1.50. The minimum Gasteiger partial charge on any atom is -0.495 e. The van der Waals surface area contributed by atoms with E-state index in [1.807, 2.05) is 18.2 Å². The largest absolute Gasteiger partial charge is 0.495 e. The van der Waals surface area contributed by atoms with Gasteiger partial charge in [0.1, 0.15) is 17.4 Å². The normalized spacial score (nSPS) is 14.3. The summed E-state index contributed by atoms with van der Waals surface area (Å²) in [6, 6.07) is 13.1. The van der Waals surface area contributed by atoms with Gasteiger partial charge in [0, 0.05) is 43.1 Å². The molecule has 0 spiro atoms. The Hall–Kier alpha value is -3.14. The minimum atomic E-state index is -0.165. The van der Waals surface area contributed by atoms with Gasteiger partial charge < -0.3 is 25.2 Å². The Balaban J connectivity index is 1.36. The summed E-state index contributed by atoms with van der Waals surface area (Å²) in [5.74, 6) is 2.24. The molecule has 192 valence electrons. The number of benzene rings is 2. The Labute approximate surface area is 217 Å². The van der Waals surface area contributed by atoms with Crippen molar-refractivity contribution in [2.24, 2.45) is 0 Å². The predicted molar refractivity (Wildman–Crippen MR) is 145 cm³/mol. The van der Waals surface area contributed by atoms with E-state index in [1.165, 1.54) is 0 Å². The molecule has 2 heterocycles. The van der Waals surface area contributed by atoms with Gasteiger partial charge in [0.15, 0.2) is 0 Å². The van der Waals surface area contributed by atoms with E-state index >= 15 is 0 Å². The van der Waals surface area contributed by atoms with Crippen molar-refractivity contribution in [1.29, 1.82) is 0 Å². The molecule has 0 atom stereocenters. The Bertz CT molecular complexity index is 1180. The van der Waals surface area contributed by atoms with E-state index in [4.69, 9.17) is 26.3 Å². The van der Waals surface area contributed by atoms with Crippen molar-refractivity contribution in [3.63, 3.8) is 0 Å². The van der Waals surface area contributed by atoms with Crippen LogP contribution in [-0.4, -0.2) is 91.2 Å². The van der Waals surface area contributed by atoms with E-state index < -0.39 is 0 Å². The molecule has 0 saturated carbocycles. The van der Waals surface area contributed by atoms with Gasteiger partial charge in [-0.2, -0.15) is 0 Å². The van der Waals surface area contributed by atoms with Crippen LogP contribution < -0.4 is 15.4 Å². The highest BCUT2D eigenvalue weighted by Gasteiger charge is 2.23. The summed E-state index contributed by atoms with van der Waals surface area (Å²) in [6.45, 7) is 5.20. The maximum atomic E-state index is 12.8. The fourth-order valence-electron chi connectivity index (χ4n) is 4.21. The van der Waals surface area contributed by atoms with Crippen LogP contribution in [0.2, 0.25) is 5.02 Å². The van der Waals surface area contributed by atoms with E-state index in [9.17, 15) is 4.79 Å². The molecule has 1 aromatic heterocycles. The molecule has 2 amide bonds. The number of anilines is 2. The van der Waals surface area contributed by atoms with Crippen molar-refractivity contribution in [2.45, 2.75) is 13.0 Å². The Morgan fingerprint density at radius 3 is 2.64 bits per heavy atom. The summed E-state index contributed by atoms with van der Waals surface area (Å²) >= 11 is 6.09. The number of ether oxygens (including phenoxy) is 1. The van der Waals surface area contributed by atoms with Crippen LogP contribution in [0, 0.1) is 0 Å². The van der Waals surface area contributed by atoms with Crippen LogP contribution in [0.1, 0.15) is 12.2 Å². The fourth-order valence-corrected chi connectivity index (χ4v) is 4.39. The van der Waals surface area contributed by atoms with Gasteiger partial charge >= 0.3 is 6.03 Å². The zero-order valence-corrected chi connectivity index (χ0v) is 21.9. The third kappa shape index (κ3) is 6.75. The summed E-state index contributed by atoms with van der Waals surface area (Å²) in [4.78, 5) is 28.7. The van der Waals surface area contributed by atoms with Gasteiger partial charge in [-0.1, -0.05) is 23.7 Å². The Morgan fingerprint density at radius 2 is 1.89 bits per heavy atom. The topological polar surface area (TPSA) is 85.9 Å². The molecular formula is C26H34ClN7O2. The number of nitrogens with zero attached hydrogens (tertiary/aromatic N) is 5. The van der Waals surface area contributed by atoms with Gasteiger partial charge in [0.25, 0.3) is 0 Å². The molecule has 0 unspecified atom stereocenters. The number of nitrogens with one attached hydrogen (secondary N) is 2. The standard InChI is InChI=1S/C26H34ClN7O2/c1-32(2)12-6-11-28-25-20-7-4-5-8-21(20)29-24(31-25)18-33-13-15-34(16-14-33)26(35)30-22-17-19(27)9-10-23(22)36-3/h4-5,7-10,17H,6,11-16,18H2,1-3H3,(H,30,35)(H,28,29,31). The molecule has 2 N–H and O–H groups in total. The second kappa shape index (κ2) is 12.2.